The van der Waals surface area contributed by atoms with Gasteiger partial charge in [-0.3, -0.25) is 0 Å². The Bertz CT molecular complexity index is 985. The van der Waals surface area contributed by atoms with E-state index in [4.69, 9.17) is 6.42 Å². The van der Waals surface area contributed by atoms with Crippen molar-refractivity contribution in [1.82, 2.24) is 0 Å². The van der Waals surface area contributed by atoms with Gasteiger partial charge in [-0.05, 0) is 101 Å². The lowest BCUT2D eigenvalue weighted by molar-refractivity contribution is 0.363. The minimum absolute atomic E-state index is 0.434. The zero-order valence-electron chi connectivity index (χ0n) is 25.7. The van der Waals surface area contributed by atoms with Crippen LogP contribution in [0.1, 0.15) is 149 Å². The summed E-state index contributed by atoms with van der Waals surface area (Å²) in [6.07, 6.45) is 45.8. The van der Waals surface area contributed by atoms with Gasteiger partial charge in [-0.2, -0.15) is 0 Å². The number of terminal acetylenes is 1. The number of allylic oxidation sites excluding steroid dienone is 8. The van der Waals surface area contributed by atoms with Crippen molar-refractivity contribution >= 4 is 0 Å². The second-order valence-electron chi connectivity index (χ2n) is 11.5. The van der Waals surface area contributed by atoms with E-state index < -0.39 is 10.8 Å². The molecule has 2 aliphatic rings. The highest BCUT2D eigenvalue weighted by Crippen LogP contribution is 2.55. The molecule has 0 N–H and O–H groups in total. The van der Waals surface area contributed by atoms with Crippen molar-refractivity contribution in [3.05, 3.63) is 47.6 Å². The van der Waals surface area contributed by atoms with Crippen molar-refractivity contribution in [2.24, 2.45) is 10.8 Å². The van der Waals surface area contributed by atoms with Gasteiger partial charge in [0.15, 0.2) is 0 Å². The third-order valence-electron chi connectivity index (χ3n) is 8.58. The van der Waals surface area contributed by atoms with Gasteiger partial charge >= 0.3 is 0 Å². The van der Waals surface area contributed by atoms with Crippen LogP contribution in [0.2, 0.25) is 0 Å². The third kappa shape index (κ3) is 9.96. The van der Waals surface area contributed by atoms with E-state index in [1.165, 1.54) is 101 Å². The summed E-state index contributed by atoms with van der Waals surface area (Å²) >= 11 is 0. The lowest BCUT2D eigenvalue weighted by Crippen LogP contribution is -2.41. The van der Waals surface area contributed by atoms with Crippen LogP contribution < -0.4 is 0 Å². The normalized spacial score (nSPS) is 20.9. The van der Waals surface area contributed by atoms with Crippen molar-refractivity contribution in [2.75, 3.05) is 0 Å². The van der Waals surface area contributed by atoms with E-state index in [1.54, 1.807) is 0 Å². The predicted octanol–water partition coefficient (Wildman–Crippen LogP) is 11.5. The average molecular weight is 525 g/mol. The fourth-order valence-corrected chi connectivity index (χ4v) is 6.31. The minimum atomic E-state index is -0.717. The number of hydrogen-bond donors (Lipinski definition) is 0. The quantitative estimate of drug-likeness (QED) is 0.120. The molecule has 2 atom stereocenters. The first-order chi connectivity index (χ1) is 19.2. The first-order valence-electron chi connectivity index (χ1n) is 16.4. The molecule has 0 aromatic rings. The third-order valence-corrected chi connectivity index (χ3v) is 8.58. The Hall–Kier alpha value is -2.36. The molecule has 212 valence electrons. The summed E-state index contributed by atoms with van der Waals surface area (Å²) < 4.78 is 0. The zero-order chi connectivity index (χ0) is 28.1. The van der Waals surface area contributed by atoms with E-state index in [-0.39, 0.29) is 0 Å². The molecule has 0 amide bonds. The first kappa shape index (κ1) is 32.8. The maximum absolute atomic E-state index is 6.73. The molecule has 0 spiro atoms. The molecule has 0 nitrogen and oxygen atoms in total. The van der Waals surface area contributed by atoms with Gasteiger partial charge in [-0.1, -0.05) is 125 Å². The molecular weight excluding hydrogens is 468 g/mol. The number of unbranched alkanes of at least 4 members (excludes halogenated alkanes) is 7. The minimum Gasteiger partial charge on any atom is -0.118 e. The molecule has 39 heavy (non-hydrogen) atoms. The van der Waals surface area contributed by atoms with Crippen LogP contribution in [-0.2, 0) is 0 Å². The van der Waals surface area contributed by atoms with Crippen LogP contribution in [0.25, 0.3) is 0 Å². The van der Waals surface area contributed by atoms with Crippen LogP contribution in [0.4, 0.5) is 0 Å². The Labute approximate surface area is 243 Å². The van der Waals surface area contributed by atoms with Crippen LogP contribution in [0.3, 0.4) is 0 Å². The summed E-state index contributed by atoms with van der Waals surface area (Å²) in [5.41, 5.74) is 1.69. The molecule has 2 aliphatic carbocycles. The van der Waals surface area contributed by atoms with Gasteiger partial charge in [0.05, 0.1) is 5.41 Å². The van der Waals surface area contributed by atoms with E-state index in [0.29, 0.717) is 0 Å². The summed E-state index contributed by atoms with van der Waals surface area (Å²) in [5.74, 6) is 16.4. The molecule has 0 saturated carbocycles. The molecule has 2 unspecified atom stereocenters. The van der Waals surface area contributed by atoms with Crippen molar-refractivity contribution in [1.29, 1.82) is 0 Å². The molecule has 2 rings (SSSR count). The second-order valence-corrected chi connectivity index (χ2v) is 11.5. The summed E-state index contributed by atoms with van der Waals surface area (Å²) in [6, 6.07) is 0. The fraction of sp³-hybridized carbons (Fsp3) is 0.641. The van der Waals surface area contributed by atoms with Gasteiger partial charge in [0.25, 0.3) is 0 Å². The number of rotatable bonds is 14. The first-order valence-corrected chi connectivity index (χ1v) is 16.4. The summed E-state index contributed by atoms with van der Waals surface area (Å²) in [7, 11) is 0. The SMILES string of the molecule is C#CC(C#CC#CC)(/C1=C/CCCCCC1)C(C=CCCCCC)(C=CCCCCCC)C1=CCCCCC1. The zero-order valence-corrected chi connectivity index (χ0v) is 25.7. The molecule has 0 radical (unpaired) electrons. The van der Waals surface area contributed by atoms with Crippen LogP contribution in [0.5, 0.6) is 0 Å². The van der Waals surface area contributed by atoms with Crippen LogP contribution in [0.15, 0.2) is 47.6 Å². The summed E-state index contributed by atoms with van der Waals surface area (Å²) in [4.78, 5) is 0. The van der Waals surface area contributed by atoms with Crippen molar-refractivity contribution in [3.63, 3.8) is 0 Å². The van der Waals surface area contributed by atoms with Gasteiger partial charge in [0.2, 0.25) is 0 Å². The second kappa shape index (κ2) is 19.7. The molecular formula is C39H56. The Morgan fingerprint density at radius 2 is 1.28 bits per heavy atom. The topological polar surface area (TPSA) is 0 Å². The predicted molar refractivity (Wildman–Crippen MR) is 173 cm³/mol. The molecule has 0 heterocycles. The van der Waals surface area contributed by atoms with Gasteiger partial charge in [0, 0.05) is 0 Å². The van der Waals surface area contributed by atoms with Crippen LogP contribution >= 0.6 is 0 Å². The van der Waals surface area contributed by atoms with E-state index >= 15 is 0 Å². The maximum Gasteiger partial charge on any atom is 0.130 e. The number of hydrogen-bond acceptors (Lipinski definition) is 0. The van der Waals surface area contributed by atoms with E-state index in [2.05, 4.69) is 79.9 Å². The molecule has 0 aromatic heterocycles. The monoisotopic (exact) mass is 524 g/mol. The summed E-state index contributed by atoms with van der Waals surface area (Å²) in [6.45, 7) is 6.43. The summed E-state index contributed by atoms with van der Waals surface area (Å²) in [5, 5.41) is 0. The van der Waals surface area contributed by atoms with E-state index in [0.717, 1.165) is 38.5 Å². The average Bonchev–Trinajstić information content (AvgIpc) is 3.22. The van der Waals surface area contributed by atoms with Crippen LogP contribution in [-0.4, -0.2) is 0 Å². The molecule has 0 fully saturated rings. The molecule has 0 heteroatoms. The van der Waals surface area contributed by atoms with Gasteiger partial charge in [0.1, 0.15) is 5.41 Å². The highest BCUT2D eigenvalue weighted by Gasteiger charge is 2.50. The van der Waals surface area contributed by atoms with Gasteiger partial charge in [-0.25, -0.2) is 0 Å². The highest BCUT2D eigenvalue weighted by molar-refractivity contribution is 5.54. The van der Waals surface area contributed by atoms with E-state index in [9.17, 15) is 0 Å². The van der Waals surface area contributed by atoms with Crippen molar-refractivity contribution < 1.29 is 0 Å². The molecule has 0 saturated heterocycles. The van der Waals surface area contributed by atoms with E-state index in [1.807, 2.05) is 6.92 Å². The standard InChI is InChI=1S/C39H56/c1-5-9-12-14-21-28-35-39(34-27-20-13-10-6-2,37-31-24-18-19-25-32-37)38(8-4,33-26-11-7-3)36-29-22-16-15-17-23-30-36/h4,27-29,31,34-35H,5-6,9-10,12-25,30,32H2,1-3H3/b34-27?,35-28?,36-29+. The Morgan fingerprint density at radius 1 is 0.718 bits per heavy atom. The van der Waals surface area contributed by atoms with Crippen molar-refractivity contribution in [2.45, 2.75) is 149 Å². The lowest BCUT2D eigenvalue weighted by Gasteiger charge is -2.45. The van der Waals surface area contributed by atoms with Crippen LogP contribution in [0, 0.1) is 46.9 Å². The van der Waals surface area contributed by atoms with Gasteiger partial charge in [-0.15, -0.1) is 6.42 Å². The lowest BCUT2D eigenvalue weighted by atomic mass is 9.54. The maximum atomic E-state index is 6.73. The largest absolute Gasteiger partial charge is 0.130 e. The molecule has 0 aliphatic heterocycles. The Morgan fingerprint density at radius 3 is 1.92 bits per heavy atom. The Balaban J connectivity index is 2.80. The van der Waals surface area contributed by atoms with Gasteiger partial charge < -0.3 is 0 Å². The molecule has 0 bridgehead atoms. The Kier molecular flexibility index (Phi) is 16.6. The highest BCUT2D eigenvalue weighted by atomic mass is 14.5. The smallest absolute Gasteiger partial charge is 0.118 e. The fourth-order valence-electron chi connectivity index (χ4n) is 6.31. The molecule has 0 aromatic carbocycles. The van der Waals surface area contributed by atoms with Crippen molar-refractivity contribution in [3.8, 4) is 36.0 Å².